The number of allylic oxidation sites excluding steroid dienone is 2. The van der Waals surface area contributed by atoms with Gasteiger partial charge in [0.2, 0.25) is 0 Å². The summed E-state index contributed by atoms with van der Waals surface area (Å²) < 4.78 is 10.6. The van der Waals surface area contributed by atoms with Crippen LogP contribution in [0.3, 0.4) is 0 Å². The first-order chi connectivity index (χ1) is 12.5. The van der Waals surface area contributed by atoms with Crippen LogP contribution in [-0.2, 0) is 9.75 Å². The van der Waals surface area contributed by atoms with E-state index in [1.165, 1.54) is 0 Å². The maximum Gasteiger partial charge on any atom is 0.119 e. The van der Waals surface area contributed by atoms with Crippen molar-refractivity contribution >= 4 is 35.4 Å². The normalized spacial score (nSPS) is 25.2. The lowest BCUT2D eigenvalue weighted by Crippen LogP contribution is -2.21. The molecule has 2 atom stereocenters. The van der Waals surface area contributed by atoms with Gasteiger partial charge in [-0.1, -0.05) is 36.4 Å². The molecule has 2 unspecified atom stereocenters. The van der Waals surface area contributed by atoms with E-state index in [9.17, 15) is 0 Å². The average Bonchev–Trinajstić information content (AvgIpc) is 3.18. The van der Waals surface area contributed by atoms with Crippen LogP contribution in [0, 0.1) is 0 Å². The predicted molar refractivity (Wildman–Crippen MR) is 108 cm³/mol. The Bertz CT molecular complexity index is 843. The second kappa shape index (κ2) is 6.37. The van der Waals surface area contributed by atoms with Gasteiger partial charge in [0.25, 0.3) is 0 Å². The smallest absolute Gasteiger partial charge is 0.119 e. The Morgan fingerprint density at radius 3 is 1.54 bits per heavy atom. The first-order valence-corrected chi connectivity index (χ1v) is 9.36. The first kappa shape index (κ1) is 17.5. The molecule has 2 aromatic rings. The van der Waals surface area contributed by atoms with Gasteiger partial charge in [0.1, 0.15) is 11.5 Å². The van der Waals surface area contributed by atoms with Crippen molar-refractivity contribution in [2.24, 2.45) is 0 Å². The number of ether oxygens (including phenoxy) is 2. The maximum absolute atomic E-state index is 6.98. The highest BCUT2D eigenvalue weighted by molar-refractivity contribution is 6.28. The van der Waals surface area contributed by atoms with E-state index in [0.717, 1.165) is 46.6 Å². The van der Waals surface area contributed by atoms with E-state index in [1.54, 1.807) is 14.2 Å². The largest absolute Gasteiger partial charge is 0.497 e. The lowest BCUT2D eigenvalue weighted by atomic mass is 9.88. The molecule has 2 aliphatic carbocycles. The van der Waals surface area contributed by atoms with Crippen molar-refractivity contribution in [3.63, 3.8) is 0 Å². The minimum absolute atomic E-state index is 0.535. The maximum atomic E-state index is 6.98. The van der Waals surface area contributed by atoms with Gasteiger partial charge < -0.3 is 9.47 Å². The summed E-state index contributed by atoms with van der Waals surface area (Å²) in [6, 6.07) is 12.0. The van der Waals surface area contributed by atoms with Gasteiger partial charge in [-0.15, -0.1) is 23.2 Å². The Labute approximate surface area is 164 Å². The number of benzene rings is 2. The van der Waals surface area contributed by atoms with Crippen LogP contribution in [0.25, 0.3) is 12.2 Å². The highest BCUT2D eigenvalue weighted by Crippen LogP contribution is 2.50. The fourth-order valence-electron chi connectivity index (χ4n) is 3.79. The van der Waals surface area contributed by atoms with Gasteiger partial charge in [-0.3, -0.25) is 0 Å². The number of hydrogen-bond acceptors (Lipinski definition) is 2. The van der Waals surface area contributed by atoms with Crippen LogP contribution in [0.5, 0.6) is 11.5 Å². The van der Waals surface area contributed by atoms with Gasteiger partial charge in [-0.25, -0.2) is 0 Å². The number of methoxy groups -OCH3 is 2. The highest BCUT2D eigenvalue weighted by Gasteiger charge is 2.39. The molecule has 0 aliphatic heterocycles. The number of alkyl halides is 2. The van der Waals surface area contributed by atoms with E-state index in [1.807, 2.05) is 36.4 Å². The van der Waals surface area contributed by atoms with E-state index in [-0.39, 0.29) is 0 Å². The molecule has 4 rings (SSSR count). The fraction of sp³-hybridized carbons (Fsp3) is 0.273. The SMILES string of the molecule is COc1ccc2c(c1)C=CC2(Cl)CCC1(Cl)C=Cc2cc(OC)ccc21. The molecule has 0 N–H and O–H groups in total. The zero-order chi connectivity index (χ0) is 18.4. The molecule has 0 bridgehead atoms. The third-order valence-electron chi connectivity index (χ3n) is 5.32. The predicted octanol–water partition coefficient (Wildman–Crippen LogP) is 6.11. The number of hydrogen-bond donors (Lipinski definition) is 0. The Kier molecular flexibility index (Phi) is 4.29. The van der Waals surface area contributed by atoms with E-state index >= 15 is 0 Å². The number of fused-ring (bicyclic) bond motifs is 2. The van der Waals surface area contributed by atoms with Crippen molar-refractivity contribution in [2.75, 3.05) is 14.2 Å². The molecule has 2 nitrogen and oxygen atoms in total. The number of rotatable bonds is 5. The van der Waals surface area contributed by atoms with E-state index in [4.69, 9.17) is 32.7 Å². The van der Waals surface area contributed by atoms with E-state index in [0.29, 0.717) is 0 Å². The highest BCUT2D eigenvalue weighted by atomic mass is 35.5. The summed E-state index contributed by atoms with van der Waals surface area (Å²) in [4.78, 5) is -1.07. The molecule has 2 aromatic carbocycles. The summed E-state index contributed by atoms with van der Waals surface area (Å²) in [5.41, 5.74) is 4.43. The lowest BCUT2D eigenvalue weighted by molar-refractivity contribution is 0.414. The summed E-state index contributed by atoms with van der Waals surface area (Å²) in [6.07, 6.45) is 9.73. The minimum Gasteiger partial charge on any atom is -0.497 e. The summed E-state index contributed by atoms with van der Waals surface area (Å²) in [5.74, 6) is 1.68. The molecular formula is C22H20Cl2O2. The molecule has 0 spiro atoms. The van der Waals surface area contributed by atoms with Crippen molar-refractivity contribution in [3.05, 3.63) is 70.8 Å². The minimum atomic E-state index is -0.535. The third-order valence-corrected chi connectivity index (χ3v) is 6.36. The average molecular weight is 387 g/mol. The standard InChI is InChI=1S/C22H20Cl2O2/c1-25-17-3-5-19-15(13-17)7-9-21(19,23)11-12-22(24)10-8-16-14-18(26-2)4-6-20(16)22/h3-10,13-14H,11-12H2,1-2H3. The molecule has 0 amide bonds. The molecule has 0 heterocycles. The summed E-state index contributed by atoms with van der Waals surface area (Å²) in [5, 5.41) is 0. The van der Waals surface area contributed by atoms with Crippen LogP contribution < -0.4 is 9.47 Å². The van der Waals surface area contributed by atoms with Crippen LogP contribution in [-0.4, -0.2) is 14.2 Å². The lowest BCUT2D eigenvalue weighted by Gasteiger charge is -2.28. The van der Waals surface area contributed by atoms with Crippen LogP contribution >= 0.6 is 23.2 Å². The molecule has 0 radical (unpaired) electrons. The summed E-state index contributed by atoms with van der Waals surface area (Å²) in [6.45, 7) is 0. The Morgan fingerprint density at radius 1 is 0.731 bits per heavy atom. The van der Waals surface area contributed by atoms with E-state index < -0.39 is 9.75 Å². The van der Waals surface area contributed by atoms with Crippen molar-refractivity contribution in [1.29, 1.82) is 0 Å². The molecular weight excluding hydrogens is 367 g/mol. The van der Waals surface area contributed by atoms with Crippen LogP contribution in [0.1, 0.15) is 35.1 Å². The Balaban J connectivity index is 1.56. The molecule has 4 heteroatoms. The number of halogens is 2. The monoisotopic (exact) mass is 386 g/mol. The fourth-order valence-corrected chi connectivity index (χ4v) is 4.45. The Hall–Kier alpha value is -1.90. The third kappa shape index (κ3) is 2.82. The van der Waals surface area contributed by atoms with Crippen LogP contribution in [0.4, 0.5) is 0 Å². The van der Waals surface area contributed by atoms with Gasteiger partial charge in [-0.05, 0) is 59.4 Å². The van der Waals surface area contributed by atoms with E-state index in [2.05, 4.69) is 24.3 Å². The van der Waals surface area contributed by atoms with Crippen molar-refractivity contribution in [2.45, 2.75) is 22.6 Å². The zero-order valence-corrected chi connectivity index (χ0v) is 16.3. The van der Waals surface area contributed by atoms with Crippen molar-refractivity contribution in [3.8, 4) is 11.5 Å². The molecule has 0 saturated carbocycles. The topological polar surface area (TPSA) is 18.5 Å². The molecule has 0 fully saturated rings. The van der Waals surface area contributed by atoms with Gasteiger partial charge in [0, 0.05) is 0 Å². The summed E-state index contributed by atoms with van der Waals surface area (Å²) >= 11 is 14.0. The first-order valence-electron chi connectivity index (χ1n) is 8.61. The summed E-state index contributed by atoms with van der Waals surface area (Å²) in [7, 11) is 3.34. The van der Waals surface area contributed by atoms with Gasteiger partial charge >= 0.3 is 0 Å². The van der Waals surface area contributed by atoms with Crippen molar-refractivity contribution < 1.29 is 9.47 Å². The molecule has 0 saturated heterocycles. The van der Waals surface area contributed by atoms with Crippen LogP contribution in [0.15, 0.2) is 48.6 Å². The second-order valence-corrected chi connectivity index (χ2v) is 8.15. The van der Waals surface area contributed by atoms with Gasteiger partial charge in [0.15, 0.2) is 0 Å². The molecule has 0 aromatic heterocycles. The molecule has 2 aliphatic rings. The molecule has 134 valence electrons. The van der Waals surface area contributed by atoms with Gasteiger partial charge in [-0.2, -0.15) is 0 Å². The molecule has 26 heavy (non-hydrogen) atoms. The van der Waals surface area contributed by atoms with Crippen molar-refractivity contribution in [1.82, 2.24) is 0 Å². The zero-order valence-electron chi connectivity index (χ0n) is 14.8. The van der Waals surface area contributed by atoms with Crippen LogP contribution in [0.2, 0.25) is 0 Å². The quantitative estimate of drug-likeness (QED) is 0.577. The Morgan fingerprint density at radius 2 is 1.15 bits per heavy atom. The second-order valence-electron chi connectivity index (χ2n) is 6.80. The van der Waals surface area contributed by atoms with Gasteiger partial charge in [0.05, 0.1) is 24.0 Å².